The van der Waals surface area contributed by atoms with Crippen LogP contribution in [0.15, 0.2) is 0 Å². The third-order valence-electron chi connectivity index (χ3n) is 2.83. The number of rotatable bonds is 0. The summed E-state index contributed by atoms with van der Waals surface area (Å²) in [6.45, 7) is 5.18. The van der Waals surface area contributed by atoms with Crippen molar-refractivity contribution in [2.24, 2.45) is 5.92 Å². The topological polar surface area (TPSA) is 18.5 Å². The molecule has 2 nitrogen and oxygen atoms in total. The van der Waals surface area contributed by atoms with Gasteiger partial charge in [0.1, 0.15) is 0 Å². The van der Waals surface area contributed by atoms with Crippen LogP contribution in [0.1, 0.15) is 26.7 Å². The average Bonchev–Trinajstić information content (AvgIpc) is 2.22. The minimum absolute atomic E-state index is 0.0307. The second-order valence-electron chi connectivity index (χ2n) is 3.65. The Morgan fingerprint density at radius 2 is 2.20 bits per heavy atom. The van der Waals surface area contributed by atoms with Gasteiger partial charge in [-0.05, 0) is 25.7 Å². The molecule has 58 valence electrons. The van der Waals surface area contributed by atoms with Gasteiger partial charge in [-0.3, -0.25) is 0 Å². The largest absolute Gasteiger partial charge is 0.350 e. The van der Waals surface area contributed by atoms with Gasteiger partial charge in [-0.15, -0.1) is 0 Å². The summed E-state index contributed by atoms with van der Waals surface area (Å²) in [6.07, 6.45) is 2.44. The van der Waals surface area contributed by atoms with Crippen molar-refractivity contribution < 1.29 is 9.47 Å². The first-order valence-corrected chi connectivity index (χ1v) is 4.00. The summed E-state index contributed by atoms with van der Waals surface area (Å²) in [4.78, 5) is 0. The highest BCUT2D eigenvalue weighted by Gasteiger charge is 2.45. The third kappa shape index (κ3) is 0.789. The van der Waals surface area contributed by atoms with Gasteiger partial charge in [0.05, 0.1) is 12.2 Å². The fraction of sp³-hybridized carbons (Fsp3) is 1.00. The Morgan fingerprint density at radius 1 is 1.40 bits per heavy atom. The van der Waals surface area contributed by atoms with Gasteiger partial charge in [0.25, 0.3) is 0 Å². The number of hydrogen-bond donors (Lipinski definition) is 0. The molecule has 0 N–H and O–H groups in total. The smallest absolute Gasteiger partial charge is 0.158 e. The summed E-state index contributed by atoms with van der Waals surface area (Å²) >= 11 is 0. The molecular formula is C8H14O2. The second-order valence-corrected chi connectivity index (χ2v) is 3.65. The van der Waals surface area contributed by atoms with Crippen LogP contribution in [0.3, 0.4) is 0 Å². The van der Waals surface area contributed by atoms with E-state index in [0.717, 1.165) is 13.0 Å². The van der Waals surface area contributed by atoms with E-state index in [-0.39, 0.29) is 11.9 Å². The van der Waals surface area contributed by atoms with Crippen LogP contribution >= 0.6 is 0 Å². The summed E-state index contributed by atoms with van der Waals surface area (Å²) < 4.78 is 11.1. The van der Waals surface area contributed by atoms with E-state index in [1.807, 2.05) is 0 Å². The average molecular weight is 142 g/mol. The van der Waals surface area contributed by atoms with Crippen molar-refractivity contribution in [2.75, 3.05) is 6.61 Å². The second kappa shape index (κ2) is 1.95. The SMILES string of the molecule is CC1CCC2OCC1(C)O2. The highest BCUT2D eigenvalue weighted by molar-refractivity contribution is 4.89. The molecule has 0 saturated carbocycles. The Kier molecular flexibility index (Phi) is 1.29. The Bertz CT molecular complexity index is 144. The van der Waals surface area contributed by atoms with Gasteiger partial charge in [-0.25, -0.2) is 0 Å². The molecule has 0 amide bonds. The summed E-state index contributed by atoms with van der Waals surface area (Å²) in [7, 11) is 0. The maximum atomic E-state index is 5.67. The normalized spacial score (nSPS) is 53.4. The summed E-state index contributed by atoms with van der Waals surface area (Å²) in [6, 6.07) is 0. The van der Waals surface area contributed by atoms with Crippen LogP contribution in [0.2, 0.25) is 0 Å². The van der Waals surface area contributed by atoms with Gasteiger partial charge >= 0.3 is 0 Å². The van der Waals surface area contributed by atoms with Crippen LogP contribution in [0.4, 0.5) is 0 Å². The lowest BCUT2D eigenvalue weighted by Crippen LogP contribution is -2.39. The van der Waals surface area contributed by atoms with Crippen molar-refractivity contribution >= 4 is 0 Å². The molecular weight excluding hydrogens is 128 g/mol. The van der Waals surface area contributed by atoms with Gasteiger partial charge in [-0.2, -0.15) is 0 Å². The molecule has 2 rings (SSSR count). The zero-order valence-corrected chi connectivity index (χ0v) is 6.59. The van der Waals surface area contributed by atoms with E-state index in [0.29, 0.717) is 5.92 Å². The first-order chi connectivity index (χ1) is 4.71. The fourth-order valence-corrected chi connectivity index (χ4v) is 1.72. The molecule has 3 unspecified atom stereocenters. The maximum Gasteiger partial charge on any atom is 0.158 e. The molecule has 2 heteroatoms. The monoisotopic (exact) mass is 142 g/mol. The van der Waals surface area contributed by atoms with Crippen molar-refractivity contribution in [3.63, 3.8) is 0 Å². The molecule has 2 heterocycles. The molecule has 10 heavy (non-hydrogen) atoms. The Morgan fingerprint density at radius 3 is 2.90 bits per heavy atom. The molecule has 0 aliphatic carbocycles. The highest BCUT2D eigenvalue weighted by atomic mass is 16.7. The van der Waals surface area contributed by atoms with E-state index in [1.54, 1.807) is 0 Å². The molecule has 3 atom stereocenters. The van der Waals surface area contributed by atoms with E-state index >= 15 is 0 Å². The Balaban J connectivity index is 2.17. The molecule has 0 radical (unpaired) electrons. The fourth-order valence-electron chi connectivity index (χ4n) is 1.72. The van der Waals surface area contributed by atoms with E-state index in [1.165, 1.54) is 6.42 Å². The first kappa shape index (κ1) is 6.62. The standard InChI is InChI=1S/C8H14O2/c1-6-3-4-7-9-5-8(6,2)10-7/h6-7H,3-5H2,1-2H3. The molecule has 2 fully saturated rings. The minimum Gasteiger partial charge on any atom is -0.350 e. The first-order valence-electron chi connectivity index (χ1n) is 4.00. The van der Waals surface area contributed by atoms with Gasteiger partial charge in [0.2, 0.25) is 0 Å². The highest BCUT2D eigenvalue weighted by Crippen LogP contribution is 2.39. The van der Waals surface area contributed by atoms with Gasteiger partial charge in [0.15, 0.2) is 6.29 Å². The number of ether oxygens (including phenoxy) is 2. The molecule has 0 aromatic carbocycles. The predicted octanol–water partition coefficient (Wildman–Crippen LogP) is 1.55. The van der Waals surface area contributed by atoms with Crippen molar-refractivity contribution in [3.8, 4) is 0 Å². The van der Waals surface area contributed by atoms with Crippen LogP contribution in [0, 0.1) is 5.92 Å². The van der Waals surface area contributed by atoms with E-state index in [4.69, 9.17) is 9.47 Å². The lowest BCUT2D eigenvalue weighted by atomic mass is 9.86. The Hall–Kier alpha value is -0.0800. The summed E-state index contributed by atoms with van der Waals surface area (Å²) in [5, 5.41) is 0. The maximum absolute atomic E-state index is 5.67. The van der Waals surface area contributed by atoms with Crippen LogP contribution in [-0.4, -0.2) is 18.5 Å². The van der Waals surface area contributed by atoms with Gasteiger partial charge < -0.3 is 9.47 Å². The number of hydrogen-bond acceptors (Lipinski definition) is 2. The third-order valence-corrected chi connectivity index (χ3v) is 2.83. The quantitative estimate of drug-likeness (QED) is 0.511. The summed E-state index contributed by atoms with van der Waals surface area (Å²) in [5.74, 6) is 0.659. The van der Waals surface area contributed by atoms with Crippen LogP contribution in [0.25, 0.3) is 0 Å². The van der Waals surface area contributed by atoms with E-state index < -0.39 is 0 Å². The van der Waals surface area contributed by atoms with Gasteiger partial charge in [0, 0.05) is 0 Å². The lowest BCUT2D eigenvalue weighted by Gasteiger charge is -2.33. The number of fused-ring (bicyclic) bond motifs is 2. The summed E-state index contributed by atoms with van der Waals surface area (Å²) in [5.41, 5.74) is 0.0307. The van der Waals surface area contributed by atoms with Crippen molar-refractivity contribution in [2.45, 2.75) is 38.6 Å². The van der Waals surface area contributed by atoms with Crippen molar-refractivity contribution in [3.05, 3.63) is 0 Å². The van der Waals surface area contributed by atoms with Crippen LogP contribution in [-0.2, 0) is 9.47 Å². The van der Waals surface area contributed by atoms with E-state index in [9.17, 15) is 0 Å². The van der Waals surface area contributed by atoms with Crippen molar-refractivity contribution in [1.82, 2.24) is 0 Å². The minimum atomic E-state index is 0.0307. The van der Waals surface area contributed by atoms with E-state index in [2.05, 4.69) is 13.8 Å². The Labute approximate surface area is 61.5 Å². The molecule has 2 bridgehead atoms. The van der Waals surface area contributed by atoms with Gasteiger partial charge in [-0.1, -0.05) is 6.92 Å². The molecule has 0 aromatic rings. The molecule has 2 aliphatic heterocycles. The lowest BCUT2D eigenvalue weighted by molar-refractivity contribution is -0.133. The van der Waals surface area contributed by atoms with Crippen molar-refractivity contribution in [1.29, 1.82) is 0 Å². The molecule has 0 aromatic heterocycles. The zero-order chi connectivity index (χ0) is 7.19. The molecule has 2 aliphatic rings. The van der Waals surface area contributed by atoms with Crippen LogP contribution < -0.4 is 0 Å². The molecule has 0 spiro atoms. The predicted molar refractivity (Wildman–Crippen MR) is 37.6 cm³/mol. The zero-order valence-electron chi connectivity index (χ0n) is 6.59. The van der Waals surface area contributed by atoms with Crippen LogP contribution in [0.5, 0.6) is 0 Å². The molecule has 2 saturated heterocycles.